The summed E-state index contributed by atoms with van der Waals surface area (Å²) in [4.78, 5) is 0. The second kappa shape index (κ2) is 28.6. The first-order chi connectivity index (χ1) is 11.8. The summed E-state index contributed by atoms with van der Waals surface area (Å²) in [7, 11) is 0. The van der Waals surface area contributed by atoms with Crippen molar-refractivity contribution in [3.63, 3.8) is 0 Å². The Labute approximate surface area is 159 Å². The molecule has 158 valence electrons. The Morgan fingerprint density at radius 2 is 1.56 bits per heavy atom. The third kappa shape index (κ3) is 20.0. The van der Waals surface area contributed by atoms with Crippen molar-refractivity contribution in [1.29, 1.82) is 0 Å². The molecule has 1 aliphatic heterocycles. The molecule has 1 saturated heterocycles. The van der Waals surface area contributed by atoms with E-state index < -0.39 is 6.29 Å². The van der Waals surface area contributed by atoms with Crippen LogP contribution in [-0.2, 0) is 9.47 Å². The van der Waals surface area contributed by atoms with Crippen LogP contribution in [0.25, 0.3) is 0 Å². The number of hydrogen-bond donors (Lipinski definition) is 2. The van der Waals surface area contributed by atoms with Gasteiger partial charge in [0.25, 0.3) is 0 Å². The molecule has 0 radical (unpaired) electrons. The Hall–Kier alpha value is -0.160. The van der Waals surface area contributed by atoms with Gasteiger partial charge in [-0.15, -0.1) is 0 Å². The van der Waals surface area contributed by atoms with Crippen LogP contribution in [0.5, 0.6) is 0 Å². The second-order valence-electron chi connectivity index (χ2n) is 5.04. The number of aliphatic hydroxyl groups excluding tert-OH is 2. The van der Waals surface area contributed by atoms with Crippen LogP contribution >= 0.6 is 0 Å². The summed E-state index contributed by atoms with van der Waals surface area (Å²) in [5.74, 6) is 0. The van der Waals surface area contributed by atoms with Gasteiger partial charge in [-0.1, -0.05) is 81.6 Å². The average molecular weight is 367 g/mol. The molecule has 1 heterocycles. The summed E-state index contributed by atoms with van der Waals surface area (Å²) in [6.07, 6.45) is 7.25. The van der Waals surface area contributed by atoms with E-state index in [9.17, 15) is 5.11 Å². The van der Waals surface area contributed by atoms with E-state index in [2.05, 4.69) is 6.92 Å². The number of aliphatic hydroxyl groups is 2. The highest BCUT2D eigenvalue weighted by molar-refractivity contribution is 4.77. The fraction of sp³-hybridized carbons (Fsp3) is 1.00. The molecule has 0 aliphatic carbocycles. The first-order valence-electron chi connectivity index (χ1n) is 10.3. The van der Waals surface area contributed by atoms with Crippen molar-refractivity contribution in [2.75, 3.05) is 13.2 Å². The lowest BCUT2D eigenvalue weighted by Gasteiger charge is -2.21. The van der Waals surface area contributed by atoms with Crippen LogP contribution in [0.15, 0.2) is 0 Å². The summed E-state index contributed by atoms with van der Waals surface area (Å²) in [6.45, 7) is 15.0. The highest BCUT2D eigenvalue weighted by Crippen LogP contribution is 2.22. The van der Waals surface area contributed by atoms with Gasteiger partial charge in [-0.2, -0.15) is 0 Å². The van der Waals surface area contributed by atoms with Crippen LogP contribution in [0, 0.1) is 0 Å². The quantitative estimate of drug-likeness (QED) is 0.371. The first kappa shape index (κ1) is 32.5. The molecule has 1 aliphatic rings. The summed E-state index contributed by atoms with van der Waals surface area (Å²) < 4.78 is 11.1. The molecular formula is C21H50O4. The molecule has 3 unspecified atom stereocenters. The summed E-state index contributed by atoms with van der Waals surface area (Å²) in [5, 5.41) is 18.7. The van der Waals surface area contributed by atoms with E-state index in [1.165, 1.54) is 19.3 Å². The van der Waals surface area contributed by atoms with E-state index in [0.717, 1.165) is 19.3 Å². The molecule has 1 rings (SSSR count). The van der Waals surface area contributed by atoms with Crippen molar-refractivity contribution in [3.05, 3.63) is 0 Å². The molecule has 4 nitrogen and oxygen atoms in total. The van der Waals surface area contributed by atoms with E-state index in [1.807, 2.05) is 41.5 Å². The molecule has 3 atom stereocenters. The van der Waals surface area contributed by atoms with E-state index in [1.54, 1.807) is 0 Å². The molecule has 0 aromatic rings. The van der Waals surface area contributed by atoms with Gasteiger partial charge in [-0.05, 0) is 25.7 Å². The number of ether oxygens (including phenoxy) is 2. The Bertz CT molecular complexity index is 200. The Kier molecular flexibility index (Phi) is 37.2. The van der Waals surface area contributed by atoms with Gasteiger partial charge in [0, 0.05) is 13.2 Å². The van der Waals surface area contributed by atoms with Crippen LogP contribution in [0.2, 0.25) is 0 Å². The normalized spacial score (nSPS) is 19.1. The maximum atomic E-state index is 9.81. The van der Waals surface area contributed by atoms with Crippen molar-refractivity contribution in [2.45, 2.75) is 126 Å². The van der Waals surface area contributed by atoms with E-state index >= 15 is 0 Å². The zero-order valence-corrected chi connectivity index (χ0v) is 17.5. The van der Waals surface area contributed by atoms with Gasteiger partial charge in [0.05, 0.1) is 12.2 Å². The van der Waals surface area contributed by atoms with Crippen molar-refractivity contribution in [3.8, 4) is 0 Å². The molecule has 25 heavy (non-hydrogen) atoms. The first-order valence-corrected chi connectivity index (χ1v) is 10.3. The van der Waals surface area contributed by atoms with Crippen molar-refractivity contribution < 1.29 is 19.7 Å². The van der Waals surface area contributed by atoms with Gasteiger partial charge in [0.15, 0.2) is 6.29 Å². The summed E-state index contributed by atoms with van der Waals surface area (Å²) >= 11 is 0. The fourth-order valence-corrected chi connectivity index (χ4v) is 2.37. The van der Waals surface area contributed by atoms with Crippen LogP contribution < -0.4 is 0 Å². The van der Waals surface area contributed by atoms with Crippen molar-refractivity contribution in [1.82, 2.24) is 0 Å². The molecule has 0 bridgehead atoms. The molecule has 4 heteroatoms. The molecule has 1 fully saturated rings. The predicted octanol–water partition coefficient (Wildman–Crippen LogP) is 5.94. The largest absolute Gasteiger partial charge is 0.396 e. The van der Waals surface area contributed by atoms with Crippen LogP contribution in [0.3, 0.4) is 0 Å². The molecular weight excluding hydrogens is 316 g/mol. The minimum atomic E-state index is -0.681. The number of unbranched alkanes of at least 4 members (excludes halogenated alkanes) is 4. The molecule has 0 amide bonds. The summed E-state index contributed by atoms with van der Waals surface area (Å²) in [5.41, 5.74) is 0. The van der Waals surface area contributed by atoms with Gasteiger partial charge in [0.2, 0.25) is 0 Å². The van der Waals surface area contributed by atoms with Gasteiger partial charge < -0.3 is 19.7 Å². The highest BCUT2D eigenvalue weighted by Gasteiger charge is 2.30. The lowest BCUT2D eigenvalue weighted by atomic mass is 10.1. The predicted molar refractivity (Wildman–Crippen MR) is 111 cm³/mol. The standard InChI is InChI=1S/C14H28O4.3C2H6.CH4/c1-2-3-4-5-6-7-14(16)18-13-9-11-17-12(13)8-10-15;3*1-2;/h12-16H,2-11H2,1H3;3*1-2H3;1H4. The lowest BCUT2D eigenvalue weighted by Crippen LogP contribution is -2.30. The molecule has 2 N–H and O–H groups in total. The molecule has 0 spiro atoms. The fourth-order valence-electron chi connectivity index (χ4n) is 2.37. The van der Waals surface area contributed by atoms with Gasteiger partial charge >= 0.3 is 0 Å². The molecule has 0 aromatic heterocycles. The third-order valence-electron chi connectivity index (χ3n) is 3.45. The molecule has 0 saturated carbocycles. The van der Waals surface area contributed by atoms with E-state index in [0.29, 0.717) is 19.4 Å². The Morgan fingerprint density at radius 3 is 2.08 bits per heavy atom. The molecule has 0 aromatic carbocycles. The lowest BCUT2D eigenvalue weighted by molar-refractivity contribution is -0.155. The zero-order valence-electron chi connectivity index (χ0n) is 17.5. The summed E-state index contributed by atoms with van der Waals surface area (Å²) in [6, 6.07) is 0. The average Bonchev–Trinajstić information content (AvgIpc) is 3.07. The van der Waals surface area contributed by atoms with E-state index in [4.69, 9.17) is 14.6 Å². The second-order valence-corrected chi connectivity index (χ2v) is 5.04. The van der Waals surface area contributed by atoms with Crippen LogP contribution in [0.4, 0.5) is 0 Å². The van der Waals surface area contributed by atoms with Gasteiger partial charge in [-0.25, -0.2) is 0 Å². The minimum absolute atomic E-state index is 0. The van der Waals surface area contributed by atoms with Gasteiger partial charge in [0.1, 0.15) is 0 Å². The SMILES string of the molecule is C.CC.CC.CC.CCCCCCCC(O)OC1CCOC1CCO. The smallest absolute Gasteiger partial charge is 0.155 e. The van der Waals surface area contributed by atoms with Gasteiger partial charge in [-0.3, -0.25) is 0 Å². The maximum absolute atomic E-state index is 9.81. The maximum Gasteiger partial charge on any atom is 0.155 e. The van der Waals surface area contributed by atoms with Crippen molar-refractivity contribution >= 4 is 0 Å². The Balaban J connectivity index is -0.000000284. The minimum Gasteiger partial charge on any atom is -0.396 e. The Morgan fingerprint density at radius 1 is 1.00 bits per heavy atom. The van der Waals surface area contributed by atoms with E-state index in [-0.39, 0.29) is 26.2 Å². The zero-order chi connectivity index (χ0) is 19.2. The number of hydrogen-bond acceptors (Lipinski definition) is 4. The topological polar surface area (TPSA) is 58.9 Å². The van der Waals surface area contributed by atoms with Crippen molar-refractivity contribution in [2.24, 2.45) is 0 Å². The van der Waals surface area contributed by atoms with Crippen LogP contribution in [0.1, 0.15) is 107 Å². The van der Waals surface area contributed by atoms with Crippen LogP contribution in [-0.4, -0.2) is 41.9 Å². The number of rotatable bonds is 10. The highest BCUT2D eigenvalue weighted by atomic mass is 16.6. The monoisotopic (exact) mass is 366 g/mol. The third-order valence-corrected chi connectivity index (χ3v) is 3.45.